The molecule has 0 atom stereocenters. The first-order valence-electron chi connectivity index (χ1n) is 8.58. The van der Waals surface area contributed by atoms with Gasteiger partial charge >= 0.3 is 0 Å². The molecular formula is C19H23N3O3. The monoisotopic (exact) mass is 341 g/mol. The number of rotatable bonds is 5. The van der Waals surface area contributed by atoms with Gasteiger partial charge in [-0.1, -0.05) is 30.3 Å². The fourth-order valence-corrected chi connectivity index (χ4v) is 3.28. The molecule has 1 N–H and O–H groups in total. The lowest BCUT2D eigenvalue weighted by atomic mass is 9.73. The van der Waals surface area contributed by atoms with Crippen LogP contribution in [0.15, 0.2) is 47.3 Å². The van der Waals surface area contributed by atoms with Gasteiger partial charge in [0.05, 0.1) is 17.7 Å². The molecule has 3 rings (SSSR count). The van der Waals surface area contributed by atoms with Gasteiger partial charge in [-0.2, -0.15) is 5.10 Å². The van der Waals surface area contributed by atoms with Gasteiger partial charge in [-0.05, 0) is 31.4 Å². The normalized spacial score (nSPS) is 16.4. The smallest absolute Gasteiger partial charge is 0.266 e. The van der Waals surface area contributed by atoms with Gasteiger partial charge in [0.15, 0.2) is 0 Å². The Labute approximate surface area is 146 Å². The molecule has 0 radical (unpaired) electrons. The molecule has 2 heterocycles. The van der Waals surface area contributed by atoms with Gasteiger partial charge in [-0.25, -0.2) is 4.68 Å². The maximum Gasteiger partial charge on any atom is 0.266 e. The van der Waals surface area contributed by atoms with Crippen molar-refractivity contribution in [1.82, 2.24) is 15.1 Å². The number of benzene rings is 1. The molecule has 0 saturated carbocycles. The molecule has 1 amide bonds. The topological polar surface area (TPSA) is 73.2 Å². The van der Waals surface area contributed by atoms with Gasteiger partial charge in [0, 0.05) is 25.8 Å². The fraction of sp³-hybridized carbons (Fsp3) is 0.421. The highest BCUT2D eigenvalue weighted by Gasteiger charge is 2.41. The summed E-state index contributed by atoms with van der Waals surface area (Å²) in [6, 6.07) is 13.0. The van der Waals surface area contributed by atoms with Crippen LogP contribution in [-0.4, -0.2) is 35.4 Å². The average Bonchev–Trinajstić information content (AvgIpc) is 2.65. The van der Waals surface area contributed by atoms with Gasteiger partial charge in [0.25, 0.3) is 5.56 Å². The van der Waals surface area contributed by atoms with Crippen LogP contribution in [-0.2, 0) is 21.5 Å². The van der Waals surface area contributed by atoms with Crippen molar-refractivity contribution >= 4 is 5.91 Å². The third-order valence-corrected chi connectivity index (χ3v) is 4.72. The van der Waals surface area contributed by atoms with Crippen LogP contribution in [0.25, 0.3) is 0 Å². The van der Waals surface area contributed by atoms with Crippen molar-refractivity contribution < 1.29 is 9.53 Å². The fourth-order valence-electron chi connectivity index (χ4n) is 3.28. The van der Waals surface area contributed by atoms with Gasteiger partial charge in [-0.3, -0.25) is 9.59 Å². The van der Waals surface area contributed by atoms with E-state index in [-0.39, 0.29) is 11.5 Å². The van der Waals surface area contributed by atoms with Crippen LogP contribution in [0.2, 0.25) is 0 Å². The van der Waals surface area contributed by atoms with Crippen LogP contribution < -0.4 is 10.9 Å². The van der Waals surface area contributed by atoms with Crippen LogP contribution in [0.5, 0.6) is 0 Å². The van der Waals surface area contributed by atoms with E-state index < -0.39 is 5.41 Å². The van der Waals surface area contributed by atoms with E-state index in [0.29, 0.717) is 39.1 Å². The number of nitrogens with one attached hydrogen (secondary N) is 1. The number of carbonyl (C=O) groups excluding carboxylic acids is 1. The Morgan fingerprint density at radius 1 is 1.20 bits per heavy atom. The standard InChI is InChI=1S/C19H23N3O3/c1-15-7-8-17(23)22(21-15)12-11-20-18(24)19(9-13-25-14-10-19)16-5-3-2-4-6-16/h2-8H,9-14H2,1H3,(H,20,24). The molecule has 1 aromatic carbocycles. The highest BCUT2D eigenvalue weighted by atomic mass is 16.5. The molecule has 0 bridgehead atoms. The second-order valence-corrected chi connectivity index (χ2v) is 6.35. The van der Waals surface area contributed by atoms with Crippen molar-refractivity contribution in [2.75, 3.05) is 19.8 Å². The average molecular weight is 341 g/mol. The molecule has 0 aliphatic carbocycles. The second-order valence-electron chi connectivity index (χ2n) is 6.35. The van der Waals surface area contributed by atoms with E-state index in [0.717, 1.165) is 11.3 Å². The van der Waals surface area contributed by atoms with E-state index in [1.165, 1.54) is 10.7 Å². The number of aromatic nitrogens is 2. The number of carbonyl (C=O) groups is 1. The Bertz CT molecular complexity index is 780. The summed E-state index contributed by atoms with van der Waals surface area (Å²) in [7, 11) is 0. The number of amides is 1. The van der Waals surface area contributed by atoms with E-state index in [9.17, 15) is 9.59 Å². The number of ether oxygens (including phenoxy) is 1. The van der Waals surface area contributed by atoms with Gasteiger partial charge in [-0.15, -0.1) is 0 Å². The number of aryl methyl sites for hydroxylation is 1. The summed E-state index contributed by atoms with van der Waals surface area (Å²) >= 11 is 0. The molecule has 1 fully saturated rings. The Balaban J connectivity index is 1.71. The van der Waals surface area contributed by atoms with Crippen molar-refractivity contribution in [3.05, 3.63) is 64.1 Å². The molecule has 6 nitrogen and oxygen atoms in total. The SMILES string of the molecule is Cc1ccc(=O)n(CCNC(=O)C2(c3ccccc3)CCOCC2)n1. The van der Waals surface area contributed by atoms with Crippen LogP contribution in [0.1, 0.15) is 24.1 Å². The summed E-state index contributed by atoms with van der Waals surface area (Å²) in [6.45, 7) is 3.70. The highest BCUT2D eigenvalue weighted by molar-refractivity contribution is 5.88. The maximum absolute atomic E-state index is 13.0. The molecule has 1 aromatic heterocycles. The Morgan fingerprint density at radius 3 is 2.64 bits per heavy atom. The third-order valence-electron chi connectivity index (χ3n) is 4.72. The maximum atomic E-state index is 13.0. The zero-order valence-corrected chi connectivity index (χ0v) is 14.4. The lowest BCUT2D eigenvalue weighted by Crippen LogP contribution is -2.49. The summed E-state index contributed by atoms with van der Waals surface area (Å²) in [5, 5.41) is 7.18. The minimum atomic E-state index is -0.565. The summed E-state index contributed by atoms with van der Waals surface area (Å²) < 4.78 is 6.85. The van der Waals surface area contributed by atoms with Crippen LogP contribution >= 0.6 is 0 Å². The summed E-state index contributed by atoms with van der Waals surface area (Å²) in [5.74, 6) is -0.0114. The molecule has 1 saturated heterocycles. The lowest BCUT2D eigenvalue weighted by Gasteiger charge is -2.36. The molecule has 2 aromatic rings. The molecular weight excluding hydrogens is 318 g/mol. The van der Waals surface area contributed by atoms with Crippen LogP contribution in [0, 0.1) is 6.92 Å². The molecule has 0 unspecified atom stereocenters. The number of nitrogens with zero attached hydrogens (tertiary/aromatic N) is 2. The largest absolute Gasteiger partial charge is 0.381 e. The molecule has 132 valence electrons. The van der Waals surface area contributed by atoms with E-state index in [4.69, 9.17) is 4.74 Å². The lowest BCUT2D eigenvalue weighted by molar-refractivity contribution is -0.130. The Kier molecular flexibility index (Phi) is 5.28. The summed E-state index contributed by atoms with van der Waals surface area (Å²) in [6.07, 6.45) is 1.32. The van der Waals surface area contributed by atoms with Crippen LogP contribution in [0.3, 0.4) is 0 Å². The van der Waals surface area contributed by atoms with Crippen molar-refractivity contribution in [3.63, 3.8) is 0 Å². The molecule has 25 heavy (non-hydrogen) atoms. The quantitative estimate of drug-likeness (QED) is 0.893. The number of hydrogen-bond donors (Lipinski definition) is 1. The van der Waals surface area contributed by atoms with E-state index >= 15 is 0 Å². The minimum Gasteiger partial charge on any atom is -0.381 e. The zero-order valence-electron chi connectivity index (χ0n) is 14.4. The first kappa shape index (κ1) is 17.4. The predicted octanol–water partition coefficient (Wildman–Crippen LogP) is 1.42. The van der Waals surface area contributed by atoms with Crippen molar-refractivity contribution in [2.45, 2.75) is 31.7 Å². The molecule has 6 heteroatoms. The minimum absolute atomic E-state index is 0.0114. The van der Waals surface area contributed by atoms with Crippen molar-refractivity contribution in [3.8, 4) is 0 Å². The first-order chi connectivity index (χ1) is 12.1. The Hall–Kier alpha value is -2.47. The van der Waals surface area contributed by atoms with Gasteiger partial charge < -0.3 is 10.1 Å². The van der Waals surface area contributed by atoms with E-state index in [1.54, 1.807) is 6.07 Å². The Morgan fingerprint density at radius 2 is 1.92 bits per heavy atom. The van der Waals surface area contributed by atoms with E-state index in [1.807, 2.05) is 37.3 Å². The van der Waals surface area contributed by atoms with Crippen molar-refractivity contribution in [2.24, 2.45) is 0 Å². The molecule has 1 aliphatic heterocycles. The second kappa shape index (κ2) is 7.61. The highest BCUT2D eigenvalue weighted by Crippen LogP contribution is 2.35. The van der Waals surface area contributed by atoms with Crippen molar-refractivity contribution in [1.29, 1.82) is 0 Å². The first-order valence-corrected chi connectivity index (χ1v) is 8.58. The predicted molar refractivity (Wildman–Crippen MR) is 94.4 cm³/mol. The zero-order chi connectivity index (χ0) is 17.7. The van der Waals surface area contributed by atoms with Gasteiger partial charge in [0.1, 0.15) is 0 Å². The van der Waals surface area contributed by atoms with Crippen LogP contribution in [0.4, 0.5) is 0 Å². The molecule has 1 aliphatic rings. The number of hydrogen-bond acceptors (Lipinski definition) is 4. The molecule has 0 spiro atoms. The summed E-state index contributed by atoms with van der Waals surface area (Å²) in [5.41, 5.74) is 1.06. The third kappa shape index (κ3) is 3.79. The van der Waals surface area contributed by atoms with Gasteiger partial charge in [0.2, 0.25) is 5.91 Å². The van der Waals surface area contributed by atoms with E-state index in [2.05, 4.69) is 10.4 Å². The summed E-state index contributed by atoms with van der Waals surface area (Å²) in [4.78, 5) is 24.8.